The monoisotopic (exact) mass is 197 g/mol. The first-order valence-corrected chi connectivity index (χ1v) is 5.71. The topological polar surface area (TPSA) is 32.3 Å². The highest BCUT2D eigenvalue weighted by molar-refractivity contribution is 7.07. The summed E-state index contributed by atoms with van der Waals surface area (Å²) in [5.41, 5.74) is 1.25. The predicted octanol–water partition coefficient (Wildman–Crippen LogP) is 1.40. The third-order valence-corrected chi connectivity index (χ3v) is 3.00. The molecule has 1 aliphatic rings. The standard InChI is InChI=1S/C10H15NOS/c12-10(6-11-9-1-2-9)5-8-3-4-13-7-8/h3-4,7,9-12H,1-2,5-6H2. The Morgan fingerprint density at radius 3 is 3.08 bits per heavy atom. The summed E-state index contributed by atoms with van der Waals surface area (Å²) in [6.45, 7) is 0.737. The second-order valence-electron chi connectivity index (χ2n) is 3.67. The van der Waals surface area contributed by atoms with Gasteiger partial charge in [0.25, 0.3) is 0 Å². The van der Waals surface area contributed by atoms with Crippen LogP contribution in [0.15, 0.2) is 16.8 Å². The molecule has 1 fully saturated rings. The molecular weight excluding hydrogens is 182 g/mol. The van der Waals surface area contributed by atoms with E-state index < -0.39 is 0 Å². The van der Waals surface area contributed by atoms with Gasteiger partial charge < -0.3 is 10.4 Å². The number of aliphatic hydroxyl groups is 1. The minimum Gasteiger partial charge on any atom is -0.391 e. The molecule has 0 bridgehead atoms. The average molecular weight is 197 g/mol. The number of thiophene rings is 1. The summed E-state index contributed by atoms with van der Waals surface area (Å²) < 4.78 is 0. The van der Waals surface area contributed by atoms with Crippen molar-refractivity contribution in [3.8, 4) is 0 Å². The van der Waals surface area contributed by atoms with Crippen LogP contribution in [0.3, 0.4) is 0 Å². The zero-order valence-corrected chi connectivity index (χ0v) is 8.39. The van der Waals surface area contributed by atoms with Gasteiger partial charge in [-0.3, -0.25) is 0 Å². The quantitative estimate of drug-likeness (QED) is 0.748. The number of hydrogen-bond acceptors (Lipinski definition) is 3. The van der Waals surface area contributed by atoms with Gasteiger partial charge in [-0.25, -0.2) is 0 Å². The highest BCUT2D eigenvalue weighted by Crippen LogP contribution is 2.18. The van der Waals surface area contributed by atoms with Gasteiger partial charge in [-0.15, -0.1) is 0 Å². The number of hydrogen-bond donors (Lipinski definition) is 2. The van der Waals surface area contributed by atoms with Crippen molar-refractivity contribution in [3.05, 3.63) is 22.4 Å². The van der Waals surface area contributed by atoms with E-state index in [1.165, 1.54) is 18.4 Å². The van der Waals surface area contributed by atoms with E-state index in [1.54, 1.807) is 11.3 Å². The van der Waals surface area contributed by atoms with Crippen molar-refractivity contribution in [1.82, 2.24) is 5.32 Å². The number of nitrogens with one attached hydrogen (secondary N) is 1. The van der Waals surface area contributed by atoms with Crippen molar-refractivity contribution < 1.29 is 5.11 Å². The molecule has 0 spiro atoms. The molecule has 0 amide bonds. The van der Waals surface area contributed by atoms with E-state index in [0.717, 1.165) is 13.0 Å². The van der Waals surface area contributed by atoms with Crippen molar-refractivity contribution in [2.24, 2.45) is 0 Å². The molecule has 72 valence electrons. The maximum atomic E-state index is 9.64. The van der Waals surface area contributed by atoms with Gasteiger partial charge in [0.15, 0.2) is 0 Å². The van der Waals surface area contributed by atoms with Crippen molar-refractivity contribution in [2.45, 2.75) is 31.4 Å². The van der Waals surface area contributed by atoms with Crippen molar-refractivity contribution in [2.75, 3.05) is 6.54 Å². The smallest absolute Gasteiger partial charge is 0.0705 e. The van der Waals surface area contributed by atoms with Crippen LogP contribution in [0.4, 0.5) is 0 Å². The Morgan fingerprint density at radius 1 is 1.62 bits per heavy atom. The first-order chi connectivity index (χ1) is 6.34. The Hall–Kier alpha value is -0.380. The molecule has 1 aliphatic carbocycles. The Kier molecular flexibility index (Phi) is 2.98. The minimum atomic E-state index is -0.227. The van der Waals surface area contributed by atoms with E-state index >= 15 is 0 Å². The van der Waals surface area contributed by atoms with E-state index in [1.807, 2.05) is 0 Å². The lowest BCUT2D eigenvalue weighted by Crippen LogP contribution is -2.29. The molecule has 1 aromatic heterocycles. The Labute approximate surface area is 82.6 Å². The second kappa shape index (κ2) is 4.22. The molecule has 13 heavy (non-hydrogen) atoms. The molecule has 2 nitrogen and oxygen atoms in total. The van der Waals surface area contributed by atoms with Crippen LogP contribution in [0.5, 0.6) is 0 Å². The van der Waals surface area contributed by atoms with Crippen LogP contribution in [0, 0.1) is 0 Å². The molecule has 1 atom stereocenters. The molecule has 1 aromatic rings. The molecule has 0 aromatic carbocycles. The van der Waals surface area contributed by atoms with Gasteiger partial charge in [0.05, 0.1) is 6.10 Å². The summed E-state index contributed by atoms with van der Waals surface area (Å²) in [7, 11) is 0. The normalized spacial score (nSPS) is 18.8. The fourth-order valence-corrected chi connectivity index (χ4v) is 2.02. The van der Waals surface area contributed by atoms with Gasteiger partial charge in [-0.05, 0) is 35.2 Å². The van der Waals surface area contributed by atoms with Crippen LogP contribution in [-0.2, 0) is 6.42 Å². The third-order valence-electron chi connectivity index (χ3n) is 2.27. The molecule has 1 heterocycles. The molecule has 0 radical (unpaired) electrons. The fraction of sp³-hybridized carbons (Fsp3) is 0.600. The summed E-state index contributed by atoms with van der Waals surface area (Å²) in [4.78, 5) is 0. The van der Waals surface area contributed by atoms with Crippen molar-refractivity contribution in [1.29, 1.82) is 0 Å². The lowest BCUT2D eigenvalue weighted by Gasteiger charge is -2.09. The fourth-order valence-electron chi connectivity index (χ4n) is 1.34. The molecule has 0 aliphatic heterocycles. The van der Waals surface area contributed by atoms with Crippen LogP contribution < -0.4 is 5.32 Å². The van der Waals surface area contributed by atoms with E-state index in [4.69, 9.17) is 0 Å². The van der Waals surface area contributed by atoms with Crippen molar-refractivity contribution >= 4 is 11.3 Å². The molecule has 2 rings (SSSR count). The van der Waals surface area contributed by atoms with Gasteiger partial charge in [-0.2, -0.15) is 11.3 Å². The molecule has 0 saturated heterocycles. The summed E-state index contributed by atoms with van der Waals surface area (Å²) in [5, 5.41) is 17.1. The van der Waals surface area contributed by atoms with Gasteiger partial charge in [0.1, 0.15) is 0 Å². The first-order valence-electron chi connectivity index (χ1n) is 4.77. The lowest BCUT2D eigenvalue weighted by atomic mass is 10.1. The highest BCUT2D eigenvalue weighted by Gasteiger charge is 2.21. The SMILES string of the molecule is OC(CNC1CC1)Cc1ccsc1. The van der Waals surface area contributed by atoms with Crippen LogP contribution in [-0.4, -0.2) is 23.8 Å². The predicted molar refractivity (Wildman–Crippen MR) is 55.1 cm³/mol. The number of rotatable bonds is 5. The van der Waals surface area contributed by atoms with Gasteiger partial charge in [0.2, 0.25) is 0 Å². The average Bonchev–Trinajstić information content (AvgIpc) is 2.82. The molecule has 2 N–H and O–H groups in total. The van der Waals surface area contributed by atoms with E-state index in [0.29, 0.717) is 6.04 Å². The highest BCUT2D eigenvalue weighted by atomic mass is 32.1. The lowest BCUT2D eigenvalue weighted by molar-refractivity contribution is 0.171. The largest absolute Gasteiger partial charge is 0.391 e. The van der Waals surface area contributed by atoms with Gasteiger partial charge in [0, 0.05) is 19.0 Å². The maximum Gasteiger partial charge on any atom is 0.0705 e. The van der Waals surface area contributed by atoms with Crippen LogP contribution >= 0.6 is 11.3 Å². The van der Waals surface area contributed by atoms with Crippen LogP contribution in [0.1, 0.15) is 18.4 Å². The van der Waals surface area contributed by atoms with Crippen molar-refractivity contribution in [3.63, 3.8) is 0 Å². The zero-order valence-electron chi connectivity index (χ0n) is 7.57. The minimum absolute atomic E-state index is 0.227. The Bertz CT molecular complexity index is 243. The van der Waals surface area contributed by atoms with Gasteiger partial charge in [-0.1, -0.05) is 0 Å². The van der Waals surface area contributed by atoms with Gasteiger partial charge >= 0.3 is 0 Å². The van der Waals surface area contributed by atoms with Crippen LogP contribution in [0.2, 0.25) is 0 Å². The zero-order chi connectivity index (χ0) is 9.10. The molecule has 3 heteroatoms. The first kappa shape index (κ1) is 9.19. The maximum absolute atomic E-state index is 9.64. The van der Waals surface area contributed by atoms with E-state index in [9.17, 15) is 5.11 Å². The Balaban J connectivity index is 1.68. The van der Waals surface area contributed by atoms with E-state index in [-0.39, 0.29) is 6.10 Å². The summed E-state index contributed by atoms with van der Waals surface area (Å²) in [6.07, 6.45) is 3.12. The summed E-state index contributed by atoms with van der Waals surface area (Å²) in [5.74, 6) is 0. The number of aliphatic hydroxyl groups excluding tert-OH is 1. The molecule has 1 unspecified atom stereocenters. The van der Waals surface area contributed by atoms with E-state index in [2.05, 4.69) is 22.1 Å². The second-order valence-corrected chi connectivity index (χ2v) is 4.45. The summed E-state index contributed by atoms with van der Waals surface area (Å²) >= 11 is 1.69. The Morgan fingerprint density at radius 2 is 2.46 bits per heavy atom. The third kappa shape index (κ3) is 3.10. The molecule has 1 saturated carbocycles. The van der Waals surface area contributed by atoms with Crippen LogP contribution in [0.25, 0.3) is 0 Å². The summed E-state index contributed by atoms with van der Waals surface area (Å²) in [6, 6.07) is 2.77. The molecular formula is C10H15NOS.